The molecule has 8 rings (SSSR count). The van der Waals surface area contributed by atoms with Crippen LogP contribution in [0.1, 0.15) is 56.2 Å². The number of aromatic nitrogens is 6. The van der Waals surface area contributed by atoms with Gasteiger partial charge in [-0.3, -0.25) is 4.98 Å². The fourth-order valence-corrected chi connectivity index (χ4v) is 6.50. The molecular weight excluding hydrogens is 441 g/mol. The Labute approximate surface area is 204 Å². The number of alkyl halides is 1. The predicted molar refractivity (Wildman–Crippen MR) is 132 cm³/mol. The van der Waals surface area contributed by atoms with Gasteiger partial charge in [-0.1, -0.05) is 11.3 Å². The van der Waals surface area contributed by atoms with Gasteiger partial charge < -0.3 is 9.30 Å². The maximum absolute atomic E-state index is 13.7. The first kappa shape index (κ1) is 21.0. The molecule has 0 unspecified atom stereocenters. The van der Waals surface area contributed by atoms with Crippen LogP contribution in [0, 0.1) is 5.41 Å². The lowest BCUT2D eigenvalue weighted by atomic mass is 9.41. The van der Waals surface area contributed by atoms with Crippen LogP contribution in [0.15, 0.2) is 49.2 Å². The Morgan fingerprint density at radius 2 is 1.86 bits per heavy atom. The van der Waals surface area contributed by atoms with Gasteiger partial charge in [-0.25, -0.2) is 14.1 Å². The molecule has 2 bridgehead atoms. The maximum Gasteiger partial charge on any atom is 0.137 e. The van der Waals surface area contributed by atoms with Crippen molar-refractivity contribution in [2.75, 3.05) is 18.0 Å². The third-order valence-electron chi connectivity index (χ3n) is 8.16. The Balaban J connectivity index is 1.01. The van der Waals surface area contributed by atoms with E-state index in [1.807, 2.05) is 23.3 Å². The Morgan fingerprint density at radius 1 is 1.00 bits per heavy atom. The molecule has 7 nitrogen and oxygen atoms in total. The molecule has 8 heteroatoms. The molecule has 180 valence electrons. The lowest BCUT2D eigenvalue weighted by molar-refractivity contribution is -0.216. The number of fused-ring (bicyclic) bond motifs is 1. The minimum atomic E-state index is -0.786. The monoisotopic (exact) mass is 471 g/mol. The fourth-order valence-electron chi connectivity index (χ4n) is 6.50. The molecule has 0 atom stereocenters. The van der Waals surface area contributed by atoms with Crippen molar-refractivity contribution >= 4 is 11.3 Å². The highest BCUT2D eigenvalue weighted by atomic mass is 19.1. The van der Waals surface area contributed by atoms with Crippen molar-refractivity contribution in [3.8, 4) is 11.3 Å². The summed E-state index contributed by atoms with van der Waals surface area (Å²) in [6.45, 7) is 2.75. The molecule has 5 heterocycles. The van der Waals surface area contributed by atoms with E-state index in [0.29, 0.717) is 12.0 Å². The summed E-state index contributed by atoms with van der Waals surface area (Å²) in [5.41, 5.74) is 5.70. The quantitative estimate of drug-likeness (QED) is 0.368. The third kappa shape index (κ3) is 3.89. The average molecular weight is 472 g/mol. The van der Waals surface area contributed by atoms with E-state index in [9.17, 15) is 4.39 Å². The van der Waals surface area contributed by atoms with E-state index < -0.39 is 5.67 Å². The van der Waals surface area contributed by atoms with E-state index in [4.69, 9.17) is 4.98 Å². The number of hydrogen-bond acceptors (Lipinski definition) is 5. The minimum Gasteiger partial charge on any atom is -0.370 e. The van der Waals surface area contributed by atoms with E-state index in [1.54, 1.807) is 0 Å². The van der Waals surface area contributed by atoms with E-state index in [2.05, 4.69) is 55.2 Å². The Bertz CT molecular complexity index is 1360. The van der Waals surface area contributed by atoms with Crippen LogP contribution in [0.25, 0.3) is 16.9 Å². The molecule has 4 aromatic rings. The van der Waals surface area contributed by atoms with Crippen molar-refractivity contribution < 1.29 is 4.39 Å². The standard InChI is InChI=1S/C27H30FN7/c28-27-17-26(18-27,19-27)7-3-4-20-5-6-25-30-22(14-34(25)13-20)15-35-16-24(31-32-35)21-10-23(12-29-11-21)33-8-1-2-9-33/h5-6,10-14,16H,1-4,7-9,15,17-19H2. The van der Waals surface area contributed by atoms with Gasteiger partial charge in [0.1, 0.15) is 17.0 Å². The molecular formula is C27H30FN7. The molecule has 3 aliphatic carbocycles. The van der Waals surface area contributed by atoms with Crippen molar-refractivity contribution in [2.45, 2.75) is 63.6 Å². The van der Waals surface area contributed by atoms with Crippen molar-refractivity contribution in [3.63, 3.8) is 0 Å². The second kappa shape index (κ2) is 7.86. The molecule has 0 amide bonds. The van der Waals surface area contributed by atoms with Crippen LogP contribution in [0.5, 0.6) is 0 Å². The predicted octanol–water partition coefficient (Wildman–Crippen LogP) is 4.85. The summed E-state index contributed by atoms with van der Waals surface area (Å²) in [6.07, 6.45) is 18.2. The zero-order valence-electron chi connectivity index (χ0n) is 19.9. The summed E-state index contributed by atoms with van der Waals surface area (Å²) in [4.78, 5) is 11.6. The summed E-state index contributed by atoms with van der Waals surface area (Å²) < 4.78 is 17.7. The van der Waals surface area contributed by atoms with E-state index in [1.165, 1.54) is 18.4 Å². The fraction of sp³-hybridized carbons (Fsp3) is 0.481. The molecule has 1 saturated heterocycles. The van der Waals surface area contributed by atoms with Gasteiger partial charge in [0, 0.05) is 37.2 Å². The number of halogens is 1. The molecule has 0 aromatic carbocycles. The summed E-state index contributed by atoms with van der Waals surface area (Å²) >= 11 is 0. The first-order valence-electron chi connectivity index (χ1n) is 12.8. The number of imidazole rings is 1. The van der Waals surface area contributed by atoms with Gasteiger partial charge in [0.25, 0.3) is 0 Å². The Hall–Kier alpha value is -3.29. The largest absolute Gasteiger partial charge is 0.370 e. The normalized spacial score (nSPS) is 25.1. The van der Waals surface area contributed by atoms with Crippen molar-refractivity contribution in [2.24, 2.45) is 5.41 Å². The van der Waals surface area contributed by atoms with Gasteiger partial charge in [0.05, 0.1) is 30.3 Å². The van der Waals surface area contributed by atoms with Gasteiger partial charge in [-0.2, -0.15) is 0 Å². The molecule has 1 aliphatic heterocycles. The van der Waals surface area contributed by atoms with Gasteiger partial charge >= 0.3 is 0 Å². The van der Waals surface area contributed by atoms with Crippen LogP contribution >= 0.6 is 0 Å². The summed E-state index contributed by atoms with van der Waals surface area (Å²) in [6, 6.07) is 6.40. The number of rotatable bonds is 8. The average Bonchev–Trinajstić information content (AvgIpc) is 3.58. The lowest BCUT2D eigenvalue weighted by Gasteiger charge is -2.66. The second-order valence-corrected chi connectivity index (χ2v) is 11.0. The van der Waals surface area contributed by atoms with Crippen LogP contribution in [-0.2, 0) is 13.0 Å². The number of hydrogen-bond donors (Lipinski definition) is 0. The molecule has 4 aromatic heterocycles. The van der Waals surface area contributed by atoms with Crippen LogP contribution in [0.2, 0.25) is 0 Å². The first-order valence-corrected chi connectivity index (χ1v) is 12.8. The number of pyridine rings is 2. The second-order valence-electron chi connectivity index (χ2n) is 11.0. The smallest absolute Gasteiger partial charge is 0.137 e. The third-order valence-corrected chi connectivity index (χ3v) is 8.16. The van der Waals surface area contributed by atoms with Crippen LogP contribution in [0.3, 0.4) is 0 Å². The highest BCUT2D eigenvalue weighted by molar-refractivity contribution is 5.63. The molecule has 4 fully saturated rings. The van der Waals surface area contributed by atoms with Gasteiger partial charge in [0.15, 0.2) is 0 Å². The van der Waals surface area contributed by atoms with Gasteiger partial charge in [-0.05, 0) is 74.5 Å². The highest BCUT2D eigenvalue weighted by Crippen LogP contribution is 2.71. The topological polar surface area (TPSA) is 64.1 Å². The van der Waals surface area contributed by atoms with Crippen LogP contribution in [-0.4, -0.2) is 48.1 Å². The van der Waals surface area contributed by atoms with Gasteiger partial charge in [-0.15, -0.1) is 5.10 Å². The SMILES string of the molecule is FC12CC(CCCc3ccc4nc(Cn5cc(-c6cncc(N7CCCC7)c6)nn5)cn4c3)(C1)C2. The molecule has 0 spiro atoms. The van der Waals surface area contributed by atoms with E-state index >= 15 is 0 Å². The first-order chi connectivity index (χ1) is 17.0. The van der Waals surface area contributed by atoms with Crippen molar-refractivity contribution in [3.05, 3.63) is 60.4 Å². The molecule has 4 aliphatic rings. The van der Waals surface area contributed by atoms with Gasteiger partial charge in [0.2, 0.25) is 0 Å². The van der Waals surface area contributed by atoms with E-state index in [0.717, 1.165) is 79.9 Å². The highest BCUT2D eigenvalue weighted by Gasteiger charge is 2.68. The van der Waals surface area contributed by atoms with Crippen LogP contribution in [0.4, 0.5) is 10.1 Å². The van der Waals surface area contributed by atoms with Crippen molar-refractivity contribution in [1.82, 2.24) is 29.4 Å². The van der Waals surface area contributed by atoms with E-state index in [-0.39, 0.29) is 0 Å². The van der Waals surface area contributed by atoms with Crippen molar-refractivity contribution in [1.29, 1.82) is 0 Å². The lowest BCUT2D eigenvalue weighted by Crippen LogP contribution is -2.64. The molecule has 0 N–H and O–H groups in total. The zero-order valence-corrected chi connectivity index (χ0v) is 19.9. The minimum absolute atomic E-state index is 0.337. The molecule has 3 saturated carbocycles. The summed E-state index contributed by atoms with van der Waals surface area (Å²) in [5, 5.41) is 8.73. The Kier molecular flexibility index (Phi) is 4.73. The maximum atomic E-state index is 13.7. The summed E-state index contributed by atoms with van der Waals surface area (Å²) in [7, 11) is 0. The number of anilines is 1. The van der Waals surface area contributed by atoms with Crippen LogP contribution < -0.4 is 4.90 Å². The molecule has 35 heavy (non-hydrogen) atoms. The number of nitrogens with zero attached hydrogens (tertiary/aromatic N) is 7. The summed E-state index contributed by atoms with van der Waals surface area (Å²) in [5.74, 6) is 0. The molecule has 0 radical (unpaired) electrons. The zero-order chi connectivity index (χ0) is 23.5. The Morgan fingerprint density at radius 3 is 2.69 bits per heavy atom. The number of aryl methyl sites for hydroxylation is 1.